The Kier molecular flexibility index (Phi) is 3.96. The Morgan fingerprint density at radius 1 is 1.37 bits per heavy atom. The molecule has 0 amide bonds. The topological polar surface area (TPSA) is 92.9 Å². The number of nitro benzene ring substituents is 1. The Labute approximate surface area is 109 Å². The third-order valence-electron chi connectivity index (χ3n) is 2.99. The Morgan fingerprint density at radius 2 is 2.16 bits per heavy atom. The second kappa shape index (κ2) is 5.66. The van der Waals surface area contributed by atoms with Crippen LogP contribution in [0.2, 0.25) is 0 Å². The standard InChI is InChI=1S/C12H14N2O5/c15-12(16)10-3-2-9(14(17)18)8-11(10)13-4-1-6-19-7-5-13/h2-3,8H,1,4-7H2,(H,15,16). The first-order chi connectivity index (χ1) is 9.09. The van der Waals surface area contributed by atoms with Crippen molar-refractivity contribution in [1.29, 1.82) is 0 Å². The summed E-state index contributed by atoms with van der Waals surface area (Å²) in [7, 11) is 0. The Balaban J connectivity index is 2.41. The molecule has 1 heterocycles. The number of benzene rings is 1. The van der Waals surface area contributed by atoms with E-state index in [2.05, 4.69) is 0 Å². The molecule has 0 bridgehead atoms. The molecule has 0 aliphatic carbocycles. The molecular weight excluding hydrogens is 252 g/mol. The third kappa shape index (κ3) is 3.00. The molecule has 1 aliphatic rings. The molecule has 0 atom stereocenters. The molecule has 0 saturated carbocycles. The number of nitrogens with zero attached hydrogens (tertiary/aromatic N) is 2. The fraction of sp³-hybridized carbons (Fsp3) is 0.417. The number of ether oxygens (including phenoxy) is 1. The molecule has 0 aromatic heterocycles. The quantitative estimate of drug-likeness (QED) is 0.658. The molecule has 1 aliphatic heterocycles. The number of carboxylic acid groups (broad SMARTS) is 1. The van der Waals surface area contributed by atoms with Crippen molar-refractivity contribution in [1.82, 2.24) is 0 Å². The van der Waals surface area contributed by atoms with Gasteiger partial charge in [-0.25, -0.2) is 4.79 Å². The van der Waals surface area contributed by atoms with Gasteiger partial charge in [0.25, 0.3) is 5.69 Å². The Bertz CT molecular complexity index is 495. The van der Waals surface area contributed by atoms with Gasteiger partial charge in [-0.05, 0) is 12.5 Å². The summed E-state index contributed by atoms with van der Waals surface area (Å²) in [6, 6.07) is 3.80. The van der Waals surface area contributed by atoms with E-state index < -0.39 is 10.9 Å². The molecule has 7 heteroatoms. The van der Waals surface area contributed by atoms with Crippen molar-refractivity contribution in [2.24, 2.45) is 0 Å². The number of aromatic carboxylic acids is 1. The molecular formula is C12H14N2O5. The van der Waals surface area contributed by atoms with Gasteiger partial charge in [-0.2, -0.15) is 0 Å². The van der Waals surface area contributed by atoms with Gasteiger partial charge in [-0.15, -0.1) is 0 Å². The maximum atomic E-state index is 11.2. The van der Waals surface area contributed by atoms with Gasteiger partial charge in [0.05, 0.1) is 22.8 Å². The van der Waals surface area contributed by atoms with E-state index in [9.17, 15) is 14.9 Å². The number of carbonyl (C=O) groups is 1. The summed E-state index contributed by atoms with van der Waals surface area (Å²) >= 11 is 0. The summed E-state index contributed by atoms with van der Waals surface area (Å²) in [5.74, 6) is -1.09. The molecule has 0 unspecified atom stereocenters. The lowest BCUT2D eigenvalue weighted by atomic mass is 10.1. The van der Waals surface area contributed by atoms with Crippen LogP contribution in [-0.2, 0) is 4.74 Å². The fourth-order valence-electron chi connectivity index (χ4n) is 2.06. The number of hydrogen-bond donors (Lipinski definition) is 1. The van der Waals surface area contributed by atoms with Gasteiger partial charge in [0.15, 0.2) is 0 Å². The molecule has 1 aromatic rings. The van der Waals surface area contributed by atoms with E-state index in [0.717, 1.165) is 6.42 Å². The van der Waals surface area contributed by atoms with Gasteiger partial charge < -0.3 is 14.7 Å². The largest absolute Gasteiger partial charge is 0.478 e. The number of hydrogen-bond acceptors (Lipinski definition) is 5. The van der Waals surface area contributed by atoms with Gasteiger partial charge in [0, 0.05) is 31.8 Å². The molecule has 1 saturated heterocycles. The molecule has 1 fully saturated rings. The highest BCUT2D eigenvalue weighted by Crippen LogP contribution is 2.27. The van der Waals surface area contributed by atoms with E-state index in [1.165, 1.54) is 18.2 Å². The van der Waals surface area contributed by atoms with E-state index in [1.807, 2.05) is 4.90 Å². The summed E-state index contributed by atoms with van der Waals surface area (Å²) in [4.78, 5) is 23.3. The van der Waals surface area contributed by atoms with Crippen LogP contribution < -0.4 is 4.90 Å². The molecule has 0 spiro atoms. The summed E-state index contributed by atoms with van der Waals surface area (Å²) in [6.45, 7) is 2.26. The van der Waals surface area contributed by atoms with E-state index in [1.54, 1.807) is 0 Å². The van der Waals surface area contributed by atoms with E-state index >= 15 is 0 Å². The maximum Gasteiger partial charge on any atom is 0.337 e. The molecule has 19 heavy (non-hydrogen) atoms. The average molecular weight is 266 g/mol. The summed E-state index contributed by atoms with van der Waals surface area (Å²) in [5.41, 5.74) is 0.352. The number of carboxylic acids is 1. The van der Waals surface area contributed by atoms with Crippen LogP contribution in [-0.4, -0.2) is 42.3 Å². The predicted molar refractivity (Wildman–Crippen MR) is 67.7 cm³/mol. The van der Waals surface area contributed by atoms with Crippen LogP contribution >= 0.6 is 0 Å². The number of nitro groups is 1. The molecule has 102 valence electrons. The van der Waals surface area contributed by atoms with Crippen LogP contribution in [0.1, 0.15) is 16.8 Å². The lowest BCUT2D eigenvalue weighted by Crippen LogP contribution is -2.27. The average Bonchev–Trinajstić information content (AvgIpc) is 2.66. The first kappa shape index (κ1) is 13.3. The number of anilines is 1. The van der Waals surface area contributed by atoms with Crippen molar-refractivity contribution >= 4 is 17.3 Å². The van der Waals surface area contributed by atoms with Crippen LogP contribution in [0.3, 0.4) is 0 Å². The maximum absolute atomic E-state index is 11.2. The predicted octanol–water partition coefficient (Wildman–Crippen LogP) is 1.52. The number of non-ortho nitro benzene ring substituents is 1. The van der Waals surface area contributed by atoms with Crippen molar-refractivity contribution in [3.05, 3.63) is 33.9 Å². The van der Waals surface area contributed by atoms with Crippen LogP contribution in [0.5, 0.6) is 0 Å². The van der Waals surface area contributed by atoms with Crippen LogP contribution in [0.15, 0.2) is 18.2 Å². The normalized spacial score (nSPS) is 15.9. The second-order valence-corrected chi connectivity index (χ2v) is 4.22. The van der Waals surface area contributed by atoms with Gasteiger partial charge >= 0.3 is 5.97 Å². The van der Waals surface area contributed by atoms with E-state index in [4.69, 9.17) is 9.84 Å². The van der Waals surface area contributed by atoms with Gasteiger partial charge in [-0.3, -0.25) is 10.1 Å². The molecule has 1 N–H and O–H groups in total. The third-order valence-corrected chi connectivity index (χ3v) is 2.99. The first-order valence-electron chi connectivity index (χ1n) is 5.94. The van der Waals surface area contributed by atoms with E-state index in [-0.39, 0.29) is 11.3 Å². The fourth-order valence-corrected chi connectivity index (χ4v) is 2.06. The summed E-state index contributed by atoms with van der Waals surface area (Å²) < 4.78 is 5.30. The number of rotatable bonds is 3. The van der Waals surface area contributed by atoms with Gasteiger partial charge in [0.1, 0.15) is 0 Å². The van der Waals surface area contributed by atoms with Gasteiger partial charge in [0.2, 0.25) is 0 Å². The highest BCUT2D eigenvalue weighted by molar-refractivity contribution is 5.95. The smallest absolute Gasteiger partial charge is 0.337 e. The summed E-state index contributed by atoms with van der Waals surface area (Å²) in [5, 5.41) is 20.0. The van der Waals surface area contributed by atoms with Crippen molar-refractivity contribution in [3.8, 4) is 0 Å². The monoisotopic (exact) mass is 266 g/mol. The molecule has 2 rings (SSSR count). The van der Waals surface area contributed by atoms with Crippen molar-refractivity contribution in [2.45, 2.75) is 6.42 Å². The van der Waals surface area contributed by atoms with Crippen LogP contribution in [0, 0.1) is 10.1 Å². The lowest BCUT2D eigenvalue weighted by Gasteiger charge is -2.23. The first-order valence-corrected chi connectivity index (χ1v) is 5.94. The van der Waals surface area contributed by atoms with E-state index in [0.29, 0.717) is 32.0 Å². The highest BCUT2D eigenvalue weighted by Gasteiger charge is 2.20. The molecule has 0 radical (unpaired) electrons. The zero-order valence-corrected chi connectivity index (χ0v) is 10.2. The molecule has 1 aromatic carbocycles. The van der Waals surface area contributed by atoms with Crippen molar-refractivity contribution < 1.29 is 19.6 Å². The van der Waals surface area contributed by atoms with Crippen LogP contribution in [0.25, 0.3) is 0 Å². The minimum absolute atomic E-state index is 0.0764. The molecule has 7 nitrogen and oxygen atoms in total. The highest BCUT2D eigenvalue weighted by atomic mass is 16.6. The zero-order valence-electron chi connectivity index (χ0n) is 10.2. The van der Waals surface area contributed by atoms with Crippen molar-refractivity contribution in [2.75, 3.05) is 31.2 Å². The van der Waals surface area contributed by atoms with Gasteiger partial charge in [-0.1, -0.05) is 0 Å². The SMILES string of the molecule is O=C(O)c1ccc([N+](=O)[O-])cc1N1CCCOCC1. The van der Waals surface area contributed by atoms with Crippen molar-refractivity contribution in [3.63, 3.8) is 0 Å². The van der Waals surface area contributed by atoms with Crippen LogP contribution in [0.4, 0.5) is 11.4 Å². The minimum Gasteiger partial charge on any atom is -0.478 e. The summed E-state index contributed by atoms with van der Waals surface area (Å²) in [6.07, 6.45) is 0.766. The second-order valence-electron chi connectivity index (χ2n) is 4.22. The lowest BCUT2D eigenvalue weighted by molar-refractivity contribution is -0.384. The Morgan fingerprint density at radius 3 is 2.84 bits per heavy atom. The minimum atomic E-state index is -1.09. The Hall–Kier alpha value is -2.15. The zero-order chi connectivity index (χ0) is 13.8.